The predicted octanol–water partition coefficient (Wildman–Crippen LogP) is 3.05. The summed E-state index contributed by atoms with van der Waals surface area (Å²) in [5.74, 6) is 1.51. The molecule has 0 radical (unpaired) electrons. The summed E-state index contributed by atoms with van der Waals surface area (Å²) in [6, 6.07) is 6.45. The maximum atomic E-state index is 5.45. The summed E-state index contributed by atoms with van der Waals surface area (Å²) in [6.07, 6.45) is 2.62. The van der Waals surface area contributed by atoms with Gasteiger partial charge in [0.2, 0.25) is 0 Å². The van der Waals surface area contributed by atoms with E-state index in [1.54, 1.807) is 0 Å². The van der Waals surface area contributed by atoms with E-state index >= 15 is 0 Å². The maximum Gasteiger partial charge on any atom is 0.106 e. The Morgan fingerprint density at radius 3 is 3.00 bits per heavy atom. The molecule has 0 N–H and O–H groups in total. The summed E-state index contributed by atoms with van der Waals surface area (Å²) in [7, 11) is 0. The number of piperidine rings is 1. The number of likely N-dealkylation sites (tertiary alicyclic amines) is 1. The molecule has 0 spiro atoms. The van der Waals surface area contributed by atoms with Crippen molar-refractivity contribution in [1.29, 1.82) is 0 Å². The van der Waals surface area contributed by atoms with Gasteiger partial charge in [-0.2, -0.15) is 0 Å². The van der Waals surface area contributed by atoms with Gasteiger partial charge in [-0.3, -0.25) is 0 Å². The van der Waals surface area contributed by atoms with Crippen molar-refractivity contribution in [3.8, 4) is 0 Å². The van der Waals surface area contributed by atoms with Gasteiger partial charge in [-0.05, 0) is 37.4 Å². The molecule has 0 amide bonds. The van der Waals surface area contributed by atoms with E-state index in [9.17, 15) is 0 Å². The summed E-state index contributed by atoms with van der Waals surface area (Å²) in [5, 5.41) is 0. The number of nitrogens with zero attached hydrogens (tertiary/aromatic N) is 2. The maximum absolute atomic E-state index is 5.45. The zero-order chi connectivity index (χ0) is 11.8. The number of pyridine rings is 1. The van der Waals surface area contributed by atoms with Crippen molar-refractivity contribution in [2.24, 2.45) is 5.92 Å². The van der Waals surface area contributed by atoms with Gasteiger partial charge in [-0.25, -0.2) is 0 Å². The zero-order valence-electron chi connectivity index (χ0n) is 10.4. The molecule has 2 nitrogen and oxygen atoms in total. The van der Waals surface area contributed by atoms with Gasteiger partial charge in [-0.15, -0.1) is 0 Å². The molecule has 2 aliphatic rings. The zero-order valence-corrected chi connectivity index (χ0v) is 11.2. The van der Waals surface area contributed by atoms with Gasteiger partial charge in [0.1, 0.15) is 4.64 Å². The minimum absolute atomic E-state index is 0.706. The number of hydrogen-bond acceptors (Lipinski definition) is 2. The van der Waals surface area contributed by atoms with Crippen LogP contribution in [0.15, 0.2) is 18.2 Å². The molecule has 3 heterocycles. The van der Waals surface area contributed by atoms with E-state index in [2.05, 4.69) is 34.6 Å². The Kier molecular flexibility index (Phi) is 3.05. The standard InChI is InChI=1S/C14H20N2S/c1-2-6-15-8-11-7-12(10-15)13-4-3-5-14(17)16(13)9-11/h3-5,11-12H,2,6-10H2,1H3/t11-,12+/m0/s1. The van der Waals surface area contributed by atoms with Crippen LogP contribution in [0.1, 0.15) is 31.4 Å². The summed E-state index contributed by atoms with van der Waals surface area (Å²) in [5.41, 5.74) is 1.47. The van der Waals surface area contributed by atoms with Crippen LogP contribution >= 0.6 is 12.2 Å². The molecule has 2 aliphatic heterocycles. The SMILES string of the molecule is CCCN1C[C@@H]2C[C@H](C1)c1cccc(=S)n1C2. The molecular formula is C14H20N2S. The molecule has 1 saturated heterocycles. The molecule has 0 unspecified atom stereocenters. The fourth-order valence-electron chi connectivity index (χ4n) is 3.49. The van der Waals surface area contributed by atoms with Gasteiger partial charge in [0.05, 0.1) is 0 Å². The Bertz CT molecular complexity index is 466. The van der Waals surface area contributed by atoms with Crippen LogP contribution in [0.5, 0.6) is 0 Å². The minimum atomic E-state index is 0.706. The Balaban J connectivity index is 1.93. The van der Waals surface area contributed by atoms with Crippen molar-refractivity contribution >= 4 is 12.2 Å². The van der Waals surface area contributed by atoms with Crippen LogP contribution in [0.2, 0.25) is 0 Å². The Morgan fingerprint density at radius 1 is 1.29 bits per heavy atom. The third-order valence-corrected chi connectivity index (χ3v) is 4.45. The second kappa shape index (κ2) is 4.54. The fourth-order valence-corrected chi connectivity index (χ4v) is 3.75. The lowest BCUT2D eigenvalue weighted by molar-refractivity contribution is 0.121. The third kappa shape index (κ3) is 2.06. The topological polar surface area (TPSA) is 8.17 Å². The largest absolute Gasteiger partial charge is 0.336 e. The second-order valence-electron chi connectivity index (χ2n) is 5.46. The summed E-state index contributed by atoms with van der Waals surface area (Å²) < 4.78 is 3.39. The lowest BCUT2D eigenvalue weighted by Gasteiger charge is -2.43. The van der Waals surface area contributed by atoms with E-state index in [-0.39, 0.29) is 0 Å². The molecule has 0 aliphatic carbocycles. The third-order valence-electron chi connectivity index (χ3n) is 4.10. The van der Waals surface area contributed by atoms with Gasteiger partial charge < -0.3 is 9.47 Å². The van der Waals surface area contributed by atoms with Crippen LogP contribution in [0, 0.1) is 10.6 Å². The first-order valence-electron chi connectivity index (χ1n) is 6.70. The minimum Gasteiger partial charge on any atom is -0.336 e. The van der Waals surface area contributed by atoms with E-state index in [1.165, 1.54) is 38.2 Å². The number of aromatic nitrogens is 1. The van der Waals surface area contributed by atoms with Crippen molar-refractivity contribution in [2.75, 3.05) is 19.6 Å². The van der Waals surface area contributed by atoms with Crippen LogP contribution in [0.25, 0.3) is 0 Å². The predicted molar refractivity (Wildman–Crippen MR) is 72.8 cm³/mol. The first-order chi connectivity index (χ1) is 8.28. The molecule has 92 valence electrons. The highest BCUT2D eigenvalue weighted by Crippen LogP contribution is 2.35. The number of fused-ring (bicyclic) bond motifs is 4. The van der Waals surface area contributed by atoms with Crippen molar-refractivity contribution in [2.45, 2.75) is 32.2 Å². The monoisotopic (exact) mass is 248 g/mol. The van der Waals surface area contributed by atoms with Crippen LogP contribution in [-0.4, -0.2) is 29.1 Å². The first kappa shape index (κ1) is 11.4. The Hall–Kier alpha value is -0.670. The van der Waals surface area contributed by atoms with E-state index in [1.807, 2.05) is 0 Å². The molecule has 17 heavy (non-hydrogen) atoms. The number of rotatable bonds is 2. The van der Waals surface area contributed by atoms with Crippen molar-refractivity contribution < 1.29 is 0 Å². The van der Waals surface area contributed by atoms with Crippen molar-refractivity contribution in [3.63, 3.8) is 0 Å². The molecule has 3 rings (SSSR count). The van der Waals surface area contributed by atoms with E-state index in [0.717, 1.165) is 17.1 Å². The highest BCUT2D eigenvalue weighted by atomic mass is 32.1. The molecule has 0 aromatic carbocycles. The number of hydrogen-bond donors (Lipinski definition) is 0. The van der Waals surface area contributed by atoms with Gasteiger partial charge in [-0.1, -0.05) is 25.2 Å². The van der Waals surface area contributed by atoms with Crippen LogP contribution in [0.3, 0.4) is 0 Å². The molecular weight excluding hydrogens is 228 g/mol. The molecule has 3 heteroatoms. The summed E-state index contributed by atoms with van der Waals surface area (Å²) in [6.45, 7) is 7.14. The molecule has 2 bridgehead atoms. The highest BCUT2D eigenvalue weighted by Gasteiger charge is 2.33. The van der Waals surface area contributed by atoms with Crippen LogP contribution in [0.4, 0.5) is 0 Å². The average molecular weight is 248 g/mol. The lowest BCUT2D eigenvalue weighted by atomic mass is 9.83. The fraction of sp³-hybridized carbons (Fsp3) is 0.643. The molecule has 2 atom stereocenters. The molecule has 1 aromatic heterocycles. The van der Waals surface area contributed by atoms with Gasteiger partial charge in [0, 0.05) is 31.2 Å². The summed E-state index contributed by atoms with van der Waals surface area (Å²) >= 11 is 5.45. The lowest BCUT2D eigenvalue weighted by Crippen LogP contribution is -2.45. The van der Waals surface area contributed by atoms with Gasteiger partial charge in [0.15, 0.2) is 0 Å². The molecule has 1 aromatic rings. The van der Waals surface area contributed by atoms with Gasteiger partial charge >= 0.3 is 0 Å². The van der Waals surface area contributed by atoms with Crippen molar-refractivity contribution in [3.05, 3.63) is 28.5 Å². The first-order valence-corrected chi connectivity index (χ1v) is 7.11. The second-order valence-corrected chi connectivity index (χ2v) is 5.88. The smallest absolute Gasteiger partial charge is 0.106 e. The van der Waals surface area contributed by atoms with Gasteiger partial charge in [0.25, 0.3) is 0 Å². The average Bonchev–Trinajstić information content (AvgIpc) is 2.31. The Labute approximate surface area is 108 Å². The molecule has 1 fully saturated rings. The van der Waals surface area contributed by atoms with Crippen LogP contribution < -0.4 is 0 Å². The summed E-state index contributed by atoms with van der Waals surface area (Å²) in [4.78, 5) is 2.64. The van der Waals surface area contributed by atoms with E-state index in [4.69, 9.17) is 12.2 Å². The van der Waals surface area contributed by atoms with Crippen LogP contribution in [-0.2, 0) is 6.54 Å². The van der Waals surface area contributed by atoms with E-state index in [0.29, 0.717) is 5.92 Å². The highest BCUT2D eigenvalue weighted by molar-refractivity contribution is 7.71. The van der Waals surface area contributed by atoms with Crippen molar-refractivity contribution in [1.82, 2.24) is 9.47 Å². The Morgan fingerprint density at radius 2 is 2.18 bits per heavy atom. The van der Waals surface area contributed by atoms with E-state index < -0.39 is 0 Å². The quantitative estimate of drug-likeness (QED) is 0.743. The molecule has 0 saturated carbocycles. The normalized spacial score (nSPS) is 27.8.